The van der Waals surface area contributed by atoms with E-state index in [1.54, 1.807) is 22.1 Å². The second-order valence-electron chi connectivity index (χ2n) is 8.60. The molecule has 166 valence electrons. The van der Waals surface area contributed by atoms with Crippen molar-refractivity contribution in [1.82, 2.24) is 14.5 Å². The summed E-state index contributed by atoms with van der Waals surface area (Å²) >= 11 is 1.71. The van der Waals surface area contributed by atoms with Gasteiger partial charge in [-0.2, -0.15) is 0 Å². The Morgan fingerprint density at radius 1 is 1.03 bits per heavy atom. The third-order valence-corrected chi connectivity index (χ3v) is 10.1. The largest absolute Gasteiger partial charge is 0.299 e. The molecule has 0 aliphatic carbocycles. The van der Waals surface area contributed by atoms with E-state index in [1.807, 2.05) is 31.2 Å². The molecule has 4 rings (SSSR count). The molecule has 2 aromatic heterocycles. The first-order chi connectivity index (χ1) is 14.9. The van der Waals surface area contributed by atoms with Gasteiger partial charge in [0.2, 0.25) is 10.0 Å². The van der Waals surface area contributed by atoms with Gasteiger partial charge in [0.25, 0.3) is 0 Å². The van der Waals surface area contributed by atoms with Crippen molar-refractivity contribution in [1.29, 1.82) is 0 Å². The summed E-state index contributed by atoms with van der Waals surface area (Å²) in [6.07, 6.45) is 1.77. The first-order valence-corrected chi connectivity index (χ1v) is 15.8. The summed E-state index contributed by atoms with van der Waals surface area (Å²) in [5.41, 5.74) is 4.03. The molecule has 0 radical (unpaired) electrons. The number of hydrogen-bond donors (Lipinski definition) is 1. The second kappa shape index (κ2) is 8.04. The molecule has 0 saturated heterocycles. The van der Waals surface area contributed by atoms with Crippen molar-refractivity contribution in [2.45, 2.75) is 31.5 Å². The van der Waals surface area contributed by atoms with E-state index in [1.165, 1.54) is 16.8 Å². The number of nitrogens with two attached hydrogens (primary N) is 1. The molecule has 0 aliphatic rings. The van der Waals surface area contributed by atoms with Crippen LogP contribution in [-0.2, 0) is 10.0 Å². The molecule has 0 amide bonds. The lowest BCUT2D eigenvalue weighted by atomic mass is 10.1. The average Bonchev–Trinajstić information content (AvgIpc) is 3.34. The summed E-state index contributed by atoms with van der Waals surface area (Å²) in [7, 11) is -5.58. The number of nitrogens with zero attached hydrogens (tertiary/aromatic N) is 3. The van der Waals surface area contributed by atoms with Crippen molar-refractivity contribution in [2.24, 2.45) is 5.14 Å². The van der Waals surface area contributed by atoms with E-state index in [0.717, 1.165) is 28.6 Å². The Labute approximate surface area is 191 Å². The summed E-state index contributed by atoms with van der Waals surface area (Å²) < 4.78 is 40.4. The van der Waals surface area contributed by atoms with E-state index >= 15 is 0 Å². The van der Waals surface area contributed by atoms with Gasteiger partial charge in [-0.15, -0.1) is 11.3 Å². The van der Waals surface area contributed by atoms with Crippen LogP contribution >= 0.6 is 11.3 Å². The summed E-state index contributed by atoms with van der Waals surface area (Å²) in [4.78, 5) is 8.87. The molecule has 0 bridgehead atoms. The van der Waals surface area contributed by atoms with Crippen LogP contribution in [0.15, 0.2) is 58.9 Å². The average molecular weight is 487 g/mol. The van der Waals surface area contributed by atoms with Gasteiger partial charge >= 0.3 is 0 Å². The Balaban J connectivity index is 1.70. The van der Waals surface area contributed by atoms with Gasteiger partial charge in [-0.1, -0.05) is 43.9 Å². The van der Waals surface area contributed by atoms with Crippen LogP contribution in [0.1, 0.15) is 5.69 Å². The van der Waals surface area contributed by atoms with Gasteiger partial charge < -0.3 is 0 Å². The Morgan fingerprint density at radius 3 is 2.25 bits per heavy atom. The van der Waals surface area contributed by atoms with Gasteiger partial charge in [-0.25, -0.2) is 27.9 Å². The van der Waals surface area contributed by atoms with E-state index in [4.69, 9.17) is 10.1 Å². The summed E-state index contributed by atoms with van der Waals surface area (Å²) in [6.45, 7) is 8.67. The van der Waals surface area contributed by atoms with Crippen LogP contribution in [0.2, 0.25) is 19.6 Å². The molecule has 0 fully saturated rings. The first kappa shape index (κ1) is 22.5. The topological polar surface area (TPSA) is 90.9 Å². The number of primary sulfonamides is 1. The molecule has 2 N–H and O–H groups in total. The standard InChI is InChI=1S/C22H23FN4O2S2Si/c1-14-12-27(17-9-10-20(18(23)11-17)31(24,28)29)21(25-14)16-7-5-15(6-8-16)19-13-30-22(26-19)32(2,3)4/h5-13H,1-4H3,(H2,24,28,29). The highest BCUT2D eigenvalue weighted by Crippen LogP contribution is 2.28. The van der Waals surface area contributed by atoms with Crippen molar-refractivity contribution in [3.63, 3.8) is 0 Å². The van der Waals surface area contributed by atoms with Crippen LogP contribution in [0.5, 0.6) is 0 Å². The van der Waals surface area contributed by atoms with Gasteiger partial charge in [-0.05, 0) is 25.1 Å². The smallest absolute Gasteiger partial charge is 0.240 e. The highest BCUT2D eigenvalue weighted by molar-refractivity contribution is 7.89. The maximum Gasteiger partial charge on any atom is 0.240 e. The lowest BCUT2D eigenvalue weighted by molar-refractivity contribution is 0.567. The molecular weight excluding hydrogens is 463 g/mol. The van der Waals surface area contributed by atoms with Crippen LogP contribution in [0.3, 0.4) is 0 Å². The maximum atomic E-state index is 14.4. The highest BCUT2D eigenvalue weighted by Gasteiger charge is 2.21. The lowest BCUT2D eigenvalue weighted by Crippen LogP contribution is -2.37. The Kier molecular flexibility index (Phi) is 5.66. The predicted octanol–water partition coefficient (Wildman–Crippen LogP) is 4.30. The minimum absolute atomic E-state index is 0.453. The molecule has 10 heteroatoms. The Hall–Kier alpha value is -2.66. The number of benzene rings is 2. The van der Waals surface area contributed by atoms with E-state index in [2.05, 4.69) is 30.0 Å². The summed E-state index contributed by atoms with van der Waals surface area (Å²) in [6, 6.07) is 11.7. The number of sulfonamides is 1. The Bertz CT molecular complexity index is 1400. The zero-order valence-electron chi connectivity index (χ0n) is 18.1. The lowest BCUT2D eigenvalue weighted by Gasteiger charge is -2.11. The van der Waals surface area contributed by atoms with Crippen LogP contribution in [0, 0.1) is 12.7 Å². The SMILES string of the molecule is Cc1cn(-c2ccc(S(N)(=O)=O)c(F)c2)c(-c2ccc(-c3csc([Si](C)(C)C)n3)cc2)n1. The van der Waals surface area contributed by atoms with Crippen LogP contribution in [0.4, 0.5) is 4.39 Å². The third-order valence-electron chi connectivity index (χ3n) is 4.91. The number of aryl methyl sites for hydroxylation is 1. The number of aromatic nitrogens is 3. The molecular formula is C22H23FN4O2S2Si. The molecule has 6 nitrogen and oxygen atoms in total. The summed E-state index contributed by atoms with van der Waals surface area (Å²) in [5, 5.41) is 7.16. The fourth-order valence-electron chi connectivity index (χ4n) is 3.31. The second-order valence-corrected chi connectivity index (χ2v) is 16.3. The highest BCUT2D eigenvalue weighted by atomic mass is 32.2. The number of rotatable bonds is 5. The number of hydrogen-bond acceptors (Lipinski definition) is 5. The quantitative estimate of drug-likeness (QED) is 0.426. The monoisotopic (exact) mass is 486 g/mol. The minimum Gasteiger partial charge on any atom is -0.299 e. The Morgan fingerprint density at radius 2 is 1.69 bits per heavy atom. The number of halogens is 1. The van der Waals surface area contributed by atoms with Crippen molar-refractivity contribution >= 4 is 34.1 Å². The maximum absolute atomic E-state index is 14.4. The zero-order chi connectivity index (χ0) is 23.3. The first-order valence-electron chi connectivity index (χ1n) is 9.89. The van der Waals surface area contributed by atoms with E-state index in [-0.39, 0.29) is 0 Å². The normalized spacial score (nSPS) is 12.3. The fraction of sp³-hybridized carbons (Fsp3) is 0.182. The number of thiazole rings is 1. The van der Waals surface area contributed by atoms with Crippen molar-refractivity contribution in [3.8, 4) is 28.3 Å². The van der Waals surface area contributed by atoms with Crippen molar-refractivity contribution in [3.05, 3.63) is 65.6 Å². The van der Waals surface area contributed by atoms with Crippen LogP contribution < -0.4 is 9.77 Å². The van der Waals surface area contributed by atoms with Gasteiger partial charge in [0, 0.05) is 22.7 Å². The molecule has 32 heavy (non-hydrogen) atoms. The molecule has 2 heterocycles. The summed E-state index contributed by atoms with van der Waals surface area (Å²) in [5.74, 6) is -0.280. The zero-order valence-corrected chi connectivity index (χ0v) is 20.8. The van der Waals surface area contributed by atoms with Gasteiger partial charge in [0.05, 0.1) is 21.7 Å². The number of imidazole rings is 1. The molecule has 0 saturated carbocycles. The van der Waals surface area contributed by atoms with Gasteiger partial charge in [-0.3, -0.25) is 4.57 Å². The van der Waals surface area contributed by atoms with E-state index in [9.17, 15) is 12.8 Å². The van der Waals surface area contributed by atoms with E-state index in [0.29, 0.717) is 11.5 Å². The van der Waals surface area contributed by atoms with Crippen LogP contribution in [-0.4, -0.2) is 31.0 Å². The molecule has 0 atom stereocenters. The molecule has 0 unspecified atom stereocenters. The molecule has 0 spiro atoms. The van der Waals surface area contributed by atoms with Crippen molar-refractivity contribution < 1.29 is 12.8 Å². The predicted molar refractivity (Wildman–Crippen MR) is 129 cm³/mol. The minimum atomic E-state index is -4.13. The third kappa shape index (κ3) is 4.44. The van der Waals surface area contributed by atoms with Crippen LogP contribution in [0.25, 0.3) is 28.3 Å². The van der Waals surface area contributed by atoms with E-state index < -0.39 is 28.8 Å². The fourth-order valence-corrected chi connectivity index (χ4v) is 6.51. The van der Waals surface area contributed by atoms with Crippen molar-refractivity contribution in [2.75, 3.05) is 0 Å². The molecule has 2 aromatic carbocycles. The molecule has 0 aliphatic heterocycles. The molecule has 4 aromatic rings. The van der Waals surface area contributed by atoms with Gasteiger partial charge in [0.15, 0.2) is 0 Å². The van der Waals surface area contributed by atoms with Gasteiger partial charge in [0.1, 0.15) is 24.6 Å².